The van der Waals surface area contributed by atoms with Gasteiger partial charge in [-0.05, 0) is 24.3 Å². The summed E-state index contributed by atoms with van der Waals surface area (Å²) in [4.78, 5) is 11.7. The summed E-state index contributed by atoms with van der Waals surface area (Å²) < 4.78 is 5.21. The van der Waals surface area contributed by atoms with Crippen molar-refractivity contribution in [2.24, 2.45) is 0 Å². The predicted octanol–water partition coefficient (Wildman–Crippen LogP) is 2.02. The van der Waals surface area contributed by atoms with Gasteiger partial charge in [0.05, 0.1) is 5.57 Å². The zero-order valence-corrected chi connectivity index (χ0v) is 11.7. The number of hydrogen-bond acceptors (Lipinski definition) is 4. The highest BCUT2D eigenvalue weighted by Gasteiger charge is 2.10. The molecule has 0 saturated carbocycles. The van der Waals surface area contributed by atoms with Gasteiger partial charge in [0, 0.05) is 25.7 Å². The number of nitrogens with one attached hydrogen (secondary N) is 2. The third-order valence-corrected chi connectivity index (χ3v) is 3.16. The molecule has 0 atom stereocenters. The molecule has 1 heterocycles. The van der Waals surface area contributed by atoms with E-state index in [1.165, 1.54) is 11.1 Å². The Morgan fingerprint density at radius 1 is 1.40 bits per heavy atom. The predicted molar refractivity (Wildman–Crippen MR) is 78.8 cm³/mol. The number of rotatable bonds is 6. The number of allylic oxidation sites excluding steroid dienone is 1. The van der Waals surface area contributed by atoms with Gasteiger partial charge in [0.15, 0.2) is 0 Å². The number of hydrogen-bond donors (Lipinski definition) is 2. The van der Waals surface area contributed by atoms with E-state index in [2.05, 4.69) is 29.7 Å². The van der Waals surface area contributed by atoms with Crippen molar-refractivity contribution in [1.82, 2.24) is 10.6 Å². The van der Waals surface area contributed by atoms with E-state index >= 15 is 0 Å². The smallest absolute Gasteiger partial charge is 0.335 e. The molecule has 0 bridgehead atoms. The molecule has 0 unspecified atom stereocenters. The first kappa shape index (κ1) is 14.3. The summed E-state index contributed by atoms with van der Waals surface area (Å²) in [6, 6.07) is 8.24. The Morgan fingerprint density at radius 3 is 3.00 bits per heavy atom. The highest BCUT2D eigenvalue weighted by atomic mass is 16.5. The van der Waals surface area contributed by atoms with E-state index in [0.717, 1.165) is 6.54 Å². The van der Waals surface area contributed by atoms with E-state index < -0.39 is 0 Å². The Balaban J connectivity index is 1.63. The van der Waals surface area contributed by atoms with Crippen LogP contribution in [0.4, 0.5) is 0 Å². The second kappa shape index (κ2) is 7.50. The first-order valence-corrected chi connectivity index (χ1v) is 6.80. The molecular formula is C16H20N2O2. The average Bonchev–Trinajstić information content (AvgIpc) is 2.49. The van der Waals surface area contributed by atoms with Crippen LogP contribution in [0.15, 0.2) is 48.3 Å². The second-order valence-electron chi connectivity index (χ2n) is 4.68. The molecule has 1 aromatic carbocycles. The summed E-state index contributed by atoms with van der Waals surface area (Å²) in [5.74, 6) is -0.250. The maximum Gasteiger partial charge on any atom is 0.335 e. The third kappa shape index (κ3) is 4.24. The summed E-state index contributed by atoms with van der Waals surface area (Å²) in [6.07, 6.45) is 6.01. The monoisotopic (exact) mass is 272 g/mol. The number of carbonyl (C=O) groups excluding carboxylic acids is 1. The lowest BCUT2D eigenvalue weighted by Crippen LogP contribution is -2.22. The van der Waals surface area contributed by atoms with Crippen molar-refractivity contribution in [3.63, 3.8) is 0 Å². The molecule has 0 radical (unpaired) electrons. The van der Waals surface area contributed by atoms with Gasteiger partial charge in [0.2, 0.25) is 0 Å². The second-order valence-corrected chi connectivity index (χ2v) is 4.68. The van der Waals surface area contributed by atoms with Crippen molar-refractivity contribution in [3.05, 3.63) is 59.4 Å². The zero-order chi connectivity index (χ0) is 14.2. The molecule has 0 fully saturated rings. The number of carbonyl (C=O) groups is 1. The van der Waals surface area contributed by atoms with E-state index in [-0.39, 0.29) is 5.97 Å². The van der Waals surface area contributed by atoms with E-state index in [9.17, 15) is 4.79 Å². The lowest BCUT2D eigenvalue weighted by molar-refractivity contribution is -0.139. The van der Waals surface area contributed by atoms with Crippen LogP contribution in [0.2, 0.25) is 0 Å². The van der Waals surface area contributed by atoms with E-state index in [1.807, 2.05) is 18.2 Å². The van der Waals surface area contributed by atoms with Crippen LogP contribution in [0.3, 0.4) is 0 Å². The van der Waals surface area contributed by atoms with Crippen LogP contribution in [0.1, 0.15) is 17.5 Å². The van der Waals surface area contributed by atoms with Crippen LogP contribution in [0.5, 0.6) is 0 Å². The summed E-state index contributed by atoms with van der Waals surface area (Å²) in [7, 11) is 0. The maximum absolute atomic E-state index is 11.7. The Kier molecular flexibility index (Phi) is 5.38. The maximum atomic E-state index is 11.7. The summed E-state index contributed by atoms with van der Waals surface area (Å²) >= 11 is 0. The van der Waals surface area contributed by atoms with Gasteiger partial charge in [-0.15, -0.1) is 0 Å². The van der Waals surface area contributed by atoms with Crippen LogP contribution in [-0.4, -0.2) is 19.1 Å². The molecule has 106 valence electrons. The number of benzene rings is 1. The molecule has 0 aliphatic carbocycles. The number of esters is 1. The normalized spacial score (nSPS) is 13.6. The molecule has 2 N–H and O–H groups in total. The lowest BCUT2D eigenvalue weighted by Gasteiger charge is -2.10. The summed E-state index contributed by atoms with van der Waals surface area (Å²) in [5.41, 5.74) is 3.19. The Labute approximate surface area is 119 Å². The minimum absolute atomic E-state index is 0.250. The first-order valence-electron chi connectivity index (χ1n) is 6.80. The van der Waals surface area contributed by atoms with Gasteiger partial charge in [-0.3, -0.25) is 0 Å². The fraction of sp³-hybridized carbons (Fsp3) is 0.312. The molecule has 0 saturated heterocycles. The van der Waals surface area contributed by atoms with Gasteiger partial charge in [-0.2, -0.15) is 0 Å². The molecule has 2 rings (SSSR count). The van der Waals surface area contributed by atoms with Crippen molar-refractivity contribution in [2.45, 2.75) is 19.9 Å². The van der Waals surface area contributed by atoms with E-state index in [4.69, 9.17) is 4.74 Å². The quantitative estimate of drug-likeness (QED) is 0.614. The highest BCUT2D eigenvalue weighted by Crippen LogP contribution is 2.07. The Bertz CT molecular complexity index is 521. The molecule has 20 heavy (non-hydrogen) atoms. The molecule has 0 aromatic heterocycles. The number of aryl methyl sites for hydroxylation is 1. The van der Waals surface area contributed by atoms with Crippen LogP contribution in [-0.2, 0) is 16.1 Å². The van der Waals surface area contributed by atoms with Gasteiger partial charge < -0.3 is 15.4 Å². The molecule has 0 amide bonds. The molecule has 1 aliphatic rings. The zero-order valence-electron chi connectivity index (χ0n) is 11.7. The molecule has 4 heteroatoms. The van der Waals surface area contributed by atoms with Gasteiger partial charge in [-0.1, -0.05) is 30.3 Å². The third-order valence-electron chi connectivity index (χ3n) is 3.16. The molecule has 1 aromatic rings. The molecule has 1 aliphatic heterocycles. The number of ether oxygens (including phenoxy) is 1. The minimum Gasteiger partial charge on any atom is -0.461 e. The van der Waals surface area contributed by atoms with Crippen LogP contribution < -0.4 is 10.6 Å². The van der Waals surface area contributed by atoms with Crippen LogP contribution in [0.25, 0.3) is 0 Å². The Hall–Kier alpha value is -2.07. The fourth-order valence-electron chi connectivity index (χ4n) is 1.94. The minimum atomic E-state index is -0.250. The van der Waals surface area contributed by atoms with Crippen LogP contribution >= 0.6 is 0 Å². The summed E-state index contributed by atoms with van der Waals surface area (Å²) in [5, 5.41) is 6.16. The summed E-state index contributed by atoms with van der Waals surface area (Å²) in [6.45, 7) is 3.91. The van der Waals surface area contributed by atoms with Crippen molar-refractivity contribution < 1.29 is 9.53 Å². The first-order chi connectivity index (χ1) is 9.77. The SMILES string of the molecule is Cc1ccccc1CNCCOC(=O)C1=CNC=CC1. The van der Waals surface area contributed by atoms with E-state index in [1.54, 1.807) is 12.4 Å². The molecular weight excluding hydrogens is 252 g/mol. The average molecular weight is 272 g/mol. The van der Waals surface area contributed by atoms with E-state index in [0.29, 0.717) is 25.1 Å². The highest BCUT2D eigenvalue weighted by molar-refractivity contribution is 5.88. The largest absolute Gasteiger partial charge is 0.461 e. The van der Waals surface area contributed by atoms with Crippen molar-refractivity contribution in [1.29, 1.82) is 0 Å². The van der Waals surface area contributed by atoms with Gasteiger partial charge in [0.25, 0.3) is 0 Å². The lowest BCUT2D eigenvalue weighted by atomic mass is 10.1. The van der Waals surface area contributed by atoms with Crippen molar-refractivity contribution in [2.75, 3.05) is 13.2 Å². The Morgan fingerprint density at radius 2 is 2.25 bits per heavy atom. The van der Waals surface area contributed by atoms with Crippen molar-refractivity contribution >= 4 is 5.97 Å². The van der Waals surface area contributed by atoms with Gasteiger partial charge >= 0.3 is 5.97 Å². The van der Waals surface area contributed by atoms with Gasteiger partial charge in [-0.25, -0.2) is 4.79 Å². The molecule has 0 spiro atoms. The van der Waals surface area contributed by atoms with Crippen molar-refractivity contribution in [3.8, 4) is 0 Å². The fourth-order valence-corrected chi connectivity index (χ4v) is 1.94. The van der Waals surface area contributed by atoms with Gasteiger partial charge in [0.1, 0.15) is 6.61 Å². The van der Waals surface area contributed by atoms with Crippen LogP contribution in [0, 0.1) is 6.92 Å². The topological polar surface area (TPSA) is 50.4 Å². The standard InChI is InChI=1S/C16H20N2O2/c1-13-5-2-3-6-14(13)11-18-9-10-20-16(19)15-7-4-8-17-12-15/h2-6,8,12,17-18H,7,9-11H2,1H3. The molecule has 4 nitrogen and oxygen atoms in total. The number of dihydropyridines is 1.